The van der Waals surface area contributed by atoms with Crippen LogP contribution in [0.15, 0.2) is 53.5 Å². The lowest BCUT2D eigenvalue weighted by atomic mass is 9.81. The Bertz CT molecular complexity index is 1180. The normalized spacial score (nSPS) is 26.7. The summed E-state index contributed by atoms with van der Waals surface area (Å²) in [5.74, 6) is 0.215. The van der Waals surface area contributed by atoms with Crippen LogP contribution >= 0.6 is 0 Å². The number of carbonyl (C=O) groups excluding carboxylic acids is 1. The van der Waals surface area contributed by atoms with Gasteiger partial charge in [-0.15, -0.1) is 0 Å². The standard InChI is InChI=1S/C28H32F4N4O/c1-19-17-27(13-14-35(19)18-20-7-5-8-21(15-20)28(30,31)32)25(33-23-10-3-2-4-11-23)34-26(37)36(27)24-12-6-9-22(29)16-24/h5-9,12,15-16,19,23H,2-4,10-11,13-14,17-18H2,1H3,(H,33,34,37)/t19-,27+/m1/s1. The Kier molecular flexibility index (Phi) is 7.00. The number of amides is 2. The molecule has 0 radical (unpaired) electrons. The van der Waals surface area contributed by atoms with E-state index in [0.29, 0.717) is 43.0 Å². The third kappa shape index (κ3) is 5.23. The number of nitrogens with zero attached hydrogens (tertiary/aromatic N) is 3. The van der Waals surface area contributed by atoms with Crippen LogP contribution in [0.1, 0.15) is 63.0 Å². The molecule has 3 aliphatic rings. The van der Waals surface area contributed by atoms with Crippen LogP contribution in [0, 0.1) is 5.82 Å². The van der Waals surface area contributed by atoms with E-state index >= 15 is 0 Å². The van der Waals surface area contributed by atoms with Gasteiger partial charge < -0.3 is 0 Å². The Labute approximate surface area is 214 Å². The molecule has 2 heterocycles. The van der Waals surface area contributed by atoms with Crippen molar-refractivity contribution < 1.29 is 22.4 Å². The van der Waals surface area contributed by atoms with Crippen LogP contribution in [0.5, 0.6) is 0 Å². The number of piperidine rings is 1. The molecular weight excluding hydrogens is 484 g/mol. The molecule has 1 spiro atoms. The van der Waals surface area contributed by atoms with E-state index < -0.39 is 23.1 Å². The van der Waals surface area contributed by atoms with Crippen LogP contribution < -0.4 is 10.2 Å². The van der Waals surface area contributed by atoms with E-state index in [0.717, 1.165) is 31.7 Å². The number of amidine groups is 1. The van der Waals surface area contributed by atoms with Crippen LogP contribution in [0.4, 0.5) is 28.0 Å². The number of hydrogen-bond donors (Lipinski definition) is 1. The molecule has 9 heteroatoms. The molecule has 5 nitrogen and oxygen atoms in total. The first-order chi connectivity index (χ1) is 17.7. The lowest BCUT2D eigenvalue weighted by Gasteiger charge is -2.47. The molecule has 1 N–H and O–H groups in total. The summed E-state index contributed by atoms with van der Waals surface area (Å²) in [4.78, 5) is 22.2. The molecule has 3 fully saturated rings. The molecule has 198 valence electrons. The number of hydrogen-bond acceptors (Lipinski definition) is 3. The SMILES string of the molecule is C[C@@H]1C[C@@]2(CCN1Cc1cccc(C(F)(F)F)c1)C(=NC1CCCCC1)NC(=O)N2c1cccc(F)c1. The number of nitrogens with one attached hydrogen (secondary N) is 1. The first-order valence-electron chi connectivity index (χ1n) is 13.0. The van der Waals surface area contributed by atoms with Gasteiger partial charge in [0, 0.05) is 24.8 Å². The zero-order valence-electron chi connectivity index (χ0n) is 20.9. The second kappa shape index (κ2) is 10.1. The van der Waals surface area contributed by atoms with Crippen LogP contribution in [0.3, 0.4) is 0 Å². The number of carbonyl (C=O) groups is 1. The molecule has 2 aromatic carbocycles. The van der Waals surface area contributed by atoms with E-state index in [9.17, 15) is 22.4 Å². The Morgan fingerprint density at radius 1 is 1.08 bits per heavy atom. The lowest BCUT2D eigenvalue weighted by molar-refractivity contribution is -0.137. The fraction of sp³-hybridized carbons (Fsp3) is 0.500. The average molecular weight is 517 g/mol. The number of benzene rings is 2. The summed E-state index contributed by atoms with van der Waals surface area (Å²) in [6.07, 6.45) is 2.05. The van der Waals surface area contributed by atoms with E-state index in [1.54, 1.807) is 23.1 Å². The molecule has 2 aliphatic heterocycles. The highest BCUT2D eigenvalue weighted by Gasteiger charge is 2.54. The zero-order chi connectivity index (χ0) is 26.2. The van der Waals surface area contributed by atoms with Gasteiger partial charge in [0.25, 0.3) is 0 Å². The molecular formula is C28H32F4N4O. The molecule has 0 aromatic heterocycles. The fourth-order valence-electron chi connectivity index (χ4n) is 6.10. The summed E-state index contributed by atoms with van der Waals surface area (Å²) in [5, 5.41) is 3.01. The fourth-order valence-corrected chi connectivity index (χ4v) is 6.10. The van der Waals surface area contributed by atoms with Crippen LogP contribution in [-0.2, 0) is 12.7 Å². The highest BCUT2D eigenvalue weighted by molar-refractivity contribution is 6.19. The third-order valence-electron chi connectivity index (χ3n) is 7.96. The molecule has 0 bridgehead atoms. The molecule has 1 aliphatic carbocycles. The van der Waals surface area contributed by atoms with E-state index in [4.69, 9.17) is 4.99 Å². The van der Waals surface area contributed by atoms with Crippen molar-refractivity contribution in [2.75, 3.05) is 11.4 Å². The van der Waals surface area contributed by atoms with Crippen molar-refractivity contribution in [3.05, 3.63) is 65.5 Å². The van der Waals surface area contributed by atoms with Gasteiger partial charge in [-0.05, 0) is 62.4 Å². The summed E-state index contributed by atoms with van der Waals surface area (Å²) < 4.78 is 53.9. The van der Waals surface area contributed by atoms with Gasteiger partial charge in [0.15, 0.2) is 0 Å². The predicted molar refractivity (Wildman–Crippen MR) is 135 cm³/mol. The minimum Gasteiger partial charge on any atom is -0.296 e. The van der Waals surface area contributed by atoms with E-state index in [1.165, 1.54) is 30.7 Å². The average Bonchev–Trinajstić information content (AvgIpc) is 3.11. The van der Waals surface area contributed by atoms with Gasteiger partial charge in [-0.2, -0.15) is 13.2 Å². The minimum atomic E-state index is -4.39. The van der Waals surface area contributed by atoms with Gasteiger partial charge in [-0.3, -0.25) is 20.1 Å². The molecule has 2 amide bonds. The van der Waals surface area contributed by atoms with Gasteiger partial charge in [0.1, 0.15) is 17.2 Å². The van der Waals surface area contributed by atoms with Crippen molar-refractivity contribution in [2.24, 2.45) is 4.99 Å². The Morgan fingerprint density at radius 3 is 2.54 bits per heavy atom. The quantitative estimate of drug-likeness (QED) is 0.470. The Balaban J connectivity index is 1.44. The van der Waals surface area contributed by atoms with Crippen LogP contribution in [-0.4, -0.2) is 40.9 Å². The Morgan fingerprint density at radius 2 is 1.84 bits per heavy atom. The molecule has 0 unspecified atom stereocenters. The zero-order valence-corrected chi connectivity index (χ0v) is 20.9. The number of aliphatic imine (C=N–C) groups is 1. The largest absolute Gasteiger partial charge is 0.416 e. The summed E-state index contributed by atoms with van der Waals surface area (Å²) in [6.45, 7) is 2.96. The third-order valence-corrected chi connectivity index (χ3v) is 7.96. The van der Waals surface area contributed by atoms with Crippen molar-refractivity contribution in [1.82, 2.24) is 10.2 Å². The molecule has 5 rings (SSSR count). The topological polar surface area (TPSA) is 47.9 Å². The van der Waals surface area contributed by atoms with Crippen molar-refractivity contribution in [2.45, 2.75) is 82.2 Å². The molecule has 2 aromatic rings. The maximum absolute atomic E-state index is 14.2. The van der Waals surface area contributed by atoms with Gasteiger partial charge in [0.05, 0.1) is 11.6 Å². The van der Waals surface area contributed by atoms with E-state index in [-0.39, 0.29) is 18.1 Å². The highest BCUT2D eigenvalue weighted by atomic mass is 19.4. The van der Waals surface area contributed by atoms with Gasteiger partial charge in [-0.1, -0.05) is 43.5 Å². The number of urea groups is 1. The molecule has 2 saturated heterocycles. The summed E-state index contributed by atoms with van der Waals surface area (Å²) in [6, 6.07) is 11.2. The first kappa shape index (κ1) is 25.7. The van der Waals surface area contributed by atoms with E-state index in [1.807, 2.05) is 6.92 Å². The molecule has 2 atom stereocenters. The lowest BCUT2D eigenvalue weighted by Crippen LogP contribution is -2.59. The molecule has 37 heavy (non-hydrogen) atoms. The number of likely N-dealkylation sites (tertiary alicyclic amines) is 1. The van der Waals surface area contributed by atoms with Crippen molar-refractivity contribution in [3.8, 4) is 0 Å². The number of halogens is 4. The maximum Gasteiger partial charge on any atom is 0.416 e. The van der Waals surface area contributed by atoms with Gasteiger partial charge >= 0.3 is 12.2 Å². The summed E-state index contributed by atoms with van der Waals surface area (Å²) in [7, 11) is 0. The monoisotopic (exact) mass is 516 g/mol. The minimum absolute atomic E-state index is 0.0522. The van der Waals surface area contributed by atoms with Crippen molar-refractivity contribution in [3.63, 3.8) is 0 Å². The van der Waals surface area contributed by atoms with Crippen LogP contribution in [0.2, 0.25) is 0 Å². The second-order valence-electron chi connectivity index (χ2n) is 10.5. The number of alkyl halides is 3. The predicted octanol–water partition coefficient (Wildman–Crippen LogP) is 6.53. The number of rotatable bonds is 4. The van der Waals surface area contributed by atoms with Crippen molar-refractivity contribution in [1.29, 1.82) is 0 Å². The van der Waals surface area contributed by atoms with Gasteiger partial charge in [-0.25, -0.2) is 9.18 Å². The highest BCUT2D eigenvalue weighted by Crippen LogP contribution is 2.41. The summed E-state index contributed by atoms with van der Waals surface area (Å²) >= 11 is 0. The second-order valence-corrected chi connectivity index (χ2v) is 10.5. The first-order valence-corrected chi connectivity index (χ1v) is 13.0. The smallest absolute Gasteiger partial charge is 0.296 e. The maximum atomic E-state index is 14.2. The summed E-state index contributed by atoms with van der Waals surface area (Å²) in [5.41, 5.74) is -0.344. The van der Waals surface area contributed by atoms with E-state index in [2.05, 4.69) is 10.2 Å². The Hall–Kier alpha value is -2.94. The van der Waals surface area contributed by atoms with Gasteiger partial charge in [0.2, 0.25) is 0 Å². The van der Waals surface area contributed by atoms with Crippen LogP contribution in [0.25, 0.3) is 0 Å². The molecule has 1 saturated carbocycles. The number of anilines is 1. The van der Waals surface area contributed by atoms with Crippen molar-refractivity contribution >= 4 is 17.6 Å².